The lowest BCUT2D eigenvalue weighted by Gasteiger charge is -2.43. The van der Waals surface area contributed by atoms with Gasteiger partial charge in [-0.1, -0.05) is 0 Å². The fraction of sp³-hybridized carbons (Fsp3) is 0.364. The zero-order valence-corrected chi connectivity index (χ0v) is 18.2. The molecular weight excluding hydrogens is 421 g/mol. The number of nitrogens with zero attached hydrogens (tertiary/aromatic N) is 6. The second-order valence-electron chi connectivity index (χ2n) is 8.40. The molecule has 10 heteroatoms. The SMILES string of the molecule is CN1C(=O)C(C)(C)N(C)c2nc(CCc3cnn(Cc4cc(F)c(F)c(F)c4)c3)ncc21. The van der Waals surface area contributed by atoms with E-state index in [2.05, 4.69) is 15.1 Å². The maximum Gasteiger partial charge on any atom is 0.252 e. The maximum absolute atomic E-state index is 13.4. The Labute approximate surface area is 183 Å². The molecule has 0 saturated carbocycles. The number of hydrogen-bond donors (Lipinski definition) is 0. The van der Waals surface area contributed by atoms with Crippen LogP contribution in [-0.2, 0) is 24.2 Å². The minimum Gasteiger partial charge on any atom is -0.344 e. The molecule has 168 valence electrons. The van der Waals surface area contributed by atoms with Crippen molar-refractivity contribution in [2.75, 3.05) is 23.9 Å². The third-order valence-corrected chi connectivity index (χ3v) is 5.86. The van der Waals surface area contributed by atoms with Crippen LogP contribution >= 0.6 is 0 Å². The van der Waals surface area contributed by atoms with Gasteiger partial charge in [-0.15, -0.1) is 0 Å². The van der Waals surface area contributed by atoms with Gasteiger partial charge in [0.05, 0.1) is 18.9 Å². The third kappa shape index (κ3) is 3.80. The maximum atomic E-state index is 13.4. The first-order chi connectivity index (χ1) is 15.1. The van der Waals surface area contributed by atoms with Gasteiger partial charge < -0.3 is 9.80 Å². The molecule has 3 heterocycles. The molecule has 3 aromatic rings. The second-order valence-corrected chi connectivity index (χ2v) is 8.40. The predicted molar refractivity (Wildman–Crippen MR) is 113 cm³/mol. The molecule has 0 atom stereocenters. The lowest BCUT2D eigenvalue weighted by Crippen LogP contribution is -2.58. The van der Waals surface area contributed by atoms with Crippen LogP contribution in [-0.4, -0.2) is 45.3 Å². The van der Waals surface area contributed by atoms with Crippen molar-refractivity contribution in [2.24, 2.45) is 0 Å². The first-order valence-corrected chi connectivity index (χ1v) is 10.1. The summed E-state index contributed by atoms with van der Waals surface area (Å²) in [7, 11) is 3.55. The van der Waals surface area contributed by atoms with Gasteiger partial charge in [0.15, 0.2) is 23.3 Å². The number of amides is 1. The molecule has 1 amide bonds. The largest absolute Gasteiger partial charge is 0.344 e. The Hall–Kier alpha value is -3.43. The molecule has 0 radical (unpaired) electrons. The second kappa shape index (κ2) is 7.92. The molecule has 32 heavy (non-hydrogen) atoms. The van der Waals surface area contributed by atoms with Gasteiger partial charge in [-0.2, -0.15) is 5.10 Å². The molecule has 0 aliphatic carbocycles. The van der Waals surface area contributed by atoms with E-state index in [1.165, 1.54) is 4.68 Å². The standard InChI is InChI=1S/C22H23F3N6O/c1-22(2)21(32)29(3)17-10-26-18(28-20(17)30(22)4)6-5-13-9-27-31(11-13)12-14-7-15(23)19(25)16(24)8-14/h7-11H,5-6,12H2,1-4H3. The van der Waals surface area contributed by atoms with Crippen LogP contribution in [0.1, 0.15) is 30.8 Å². The van der Waals surface area contributed by atoms with Crippen molar-refractivity contribution in [3.8, 4) is 0 Å². The van der Waals surface area contributed by atoms with Crippen LogP contribution in [0.2, 0.25) is 0 Å². The number of halogens is 3. The summed E-state index contributed by atoms with van der Waals surface area (Å²) in [6.07, 6.45) is 6.23. The minimum atomic E-state index is -1.48. The number of carbonyl (C=O) groups is 1. The molecule has 0 fully saturated rings. The highest BCUT2D eigenvalue weighted by Crippen LogP contribution is 2.36. The van der Waals surface area contributed by atoms with Crippen LogP contribution in [0.15, 0.2) is 30.7 Å². The number of aromatic nitrogens is 4. The summed E-state index contributed by atoms with van der Waals surface area (Å²) < 4.78 is 41.5. The van der Waals surface area contributed by atoms with Gasteiger partial charge in [0, 0.05) is 26.7 Å². The zero-order valence-electron chi connectivity index (χ0n) is 18.2. The molecule has 1 aliphatic heterocycles. The Balaban J connectivity index is 1.46. The number of likely N-dealkylation sites (N-methyl/N-ethyl adjacent to an activating group) is 2. The number of aryl methyl sites for hydroxylation is 2. The zero-order chi connectivity index (χ0) is 23.2. The third-order valence-electron chi connectivity index (χ3n) is 5.86. The molecule has 2 aromatic heterocycles. The highest BCUT2D eigenvalue weighted by molar-refractivity contribution is 6.06. The van der Waals surface area contributed by atoms with Crippen LogP contribution in [0.25, 0.3) is 0 Å². The van der Waals surface area contributed by atoms with Gasteiger partial charge >= 0.3 is 0 Å². The monoisotopic (exact) mass is 444 g/mol. The number of anilines is 2. The van der Waals surface area contributed by atoms with Crippen molar-refractivity contribution in [2.45, 2.75) is 38.8 Å². The first kappa shape index (κ1) is 21.8. The molecule has 0 N–H and O–H groups in total. The molecule has 0 saturated heterocycles. The van der Waals surface area contributed by atoms with E-state index in [4.69, 9.17) is 0 Å². The molecule has 0 bridgehead atoms. The van der Waals surface area contributed by atoms with E-state index in [1.54, 1.807) is 30.5 Å². The fourth-order valence-electron chi connectivity index (χ4n) is 3.70. The van der Waals surface area contributed by atoms with E-state index in [0.717, 1.165) is 17.7 Å². The van der Waals surface area contributed by atoms with Crippen molar-refractivity contribution in [3.63, 3.8) is 0 Å². The Kier molecular flexibility index (Phi) is 5.39. The van der Waals surface area contributed by atoms with Crippen LogP contribution in [0.4, 0.5) is 24.7 Å². The summed E-state index contributed by atoms with van der Waals surface area (Å²) in [5.74, 6) is -2.64. The van der Waals surface area contributed by atoms with E-state index in [9.17, 15) is 18.0 Å². The van der Waals surface area contributed by atoms with Crippen LogP contribution in [0.5, 0.6) is 0 Å². The van der Waals surface area contributed by atoms with E-state index in [0.29, 0.717) is 30.2 Å². The van der Waals surface area contributed by atoms with E-state index < -0.39 is 23.0 Å². The van der Waals surface area contributed by atoms with E-state index >= 15 is 0 Å². The lowest BCUT2D eigenvalue weighted by atomic mass is 9.98. The number of benzene rings is 1. The minimum absolute atomic E-state index is 0.0304. The quantitative estimate of drug-likeness (QED) is 0.566. The Morgan fingerprint density at radius 3 is 2.38 bits per heavy atom. The molecular formula is C22H23F3N6O. The smallest absolute Gasteiger partial charge is 0.252 e. The first-order valence-electron chi connectivity index (χ1n) is 10.1. The van der Waals surface area contributed by atoms with Crippen LogP contribution < -0.4 is 9.80 Å². The average Bonchev–Trinajstić information content (AvgIpc) is 3.20. The van der Waals surface area contributed by atoms with Crippen LogP contribution in [0, 0.1) is 17.5 Å². The molecule has 0 unspecified atom stereocenters. The summed E-state index contributed by atoms with van der Waals surface area (Å²) in [6.45, 7) is 3.82. The molecule has 7 nitrogen and oxygen atoms in total. The summed E-state index contributed by atoms with van der Waals surface area (Å²) in [4.78, 5) is 25.1. The van der Waals surface area contributed by atoms with Gasteiger partial charge in [0.1, 0.15) is 17.1 Å². The van der Waals surface area contributed by atoms with Gasteiger partial charge in [-0.25, -0.2) is 23.1 Å². The lowest BCUT2D eigenvalue weighted by molar-refractivity contribution is -0.122. The molecule has 4 rings (SSSR count). The topological polar surface area (TPSA) is 67.2 Å². The number of rotatable bonds is 5. The Morgan fingerprint density at radius 2 is 1.69 bits per heavy atom. The van der Waals surface area contributed by atoms with Crippen molar-refractivity contribution >= 4 is 17.4 Å². The van der Waals surface area contributed by atoms with Gasteiger partial charge in [0.25, 0.3) is 5.91 Å². The summed E-state index contributed by atoms with van der Waals surface area (Å²) in [6, 6.07) is 1.92. The summed E-state index contributed by atoms with van der Waals surface area (Å²) in [5, 5.41) is 4.21. The molecule has 1 aliphatic rings. The normalized spacial score (nSPS) is 15.3. The molecule has 1 aromatic carbocycles. The Bertz CT molecular complexity index is 1170. The average molecular weight is 444 g/mol. The van der Waals surface area contributed by atoms with Crippen LogP contribution in [0.3, 0.4) is 0 Å². The van der Waals surface area contributed by atoms with Gasteiger partial charge in [-0.3, -0.25) is 9.48 Å². The Morgan fingerprint density at radius 1 is 1.00 bits per heavy atom. The van der Waals surface area contributed by atoms with Crippen molar-refractivity contribution in [1.82, 2.24) is 19.7 Å². The fourth-order valence-corrected chi connectivity index (χ4v) is 3.70. The van der Waals surface area contributed by atoms with Gasteiger partial charge in [0.2, 0.25) is 0 Å². The summed E-state index contributed by atoms with van der Waals surface area (Å²) >= 11 is 0. The predicted octanol–water partition coefficient (Wildman–Crippen LogP) is 3.12. The van der Waals surface area contributed by atoms with Crippen molar-refractivity contribution in [3.05, 3.63) is 65.1 Å². The molecule has 0 spiro atoms. The number of fused-ring (bicyclic) bond motifs is 1. The van der Waals surface area contributed by atoms with E-state index in [1.807, 2.05) is 25.8 Å². The number of hydrogen-bond acceptors (Lipinski definition) is 5. The number of carbonyl (C=O) groups excluding carboxylic acids is 1. The van der Waals surface area contributed by atoms with Gasteiger partial charge in [-0.05, 0) is 43.5 Å². The highest BCUT2D eigenvalue weighted by Gasteiger charge is 2.42. The summed E-state index contributed by atoms with van der Waals surface area (Å²) in [5.41, 5.74) is 1.12. The van der Waals surface area contributed by atoms with Crippen molar-refractivity contribution in [1.29, 1.82) is 0 Å². The van der Waals surface area contributed by atoms with Crippen molar-refractivity contribution < 1.29 is 18.0 Å². The van der Waals surface area contributed by atoms with E-state index in [-0.39, 0.29) is 18.0 Å². The highest BCUT2D eigenvalue weighted by atomic mass is 19.2.